The number of nitrogens with one attached hydrogen (secondary N) is 1. The minimum atomic E-state index is -4.88. The lowest BCUT2D eigenvalue weighted by Crippen LogP contribution is -2.52. The Morgan fingerprint density at radius 3 is 2.19 bits per heavy atom. The molecular weight excluding hydrogens is 659 g/mol. The number of rotatable bonds is 11. The number of nitrogens with zero attached hydrogens (tertiary/aromatic N) is 2. The normalized spacial score (nSPS) is 13.2. The van der Waals surface area contributed by atoms with E-state index >= 15 is 0 Å². The molecule has 13 heteroatoms. The SMILES string of the molecule is CC[C@@H](C)NC(=O)[C@@H](C)N(Cc1ccc(Br)cc1)C(=O)CN(c1ccc(Cl)c(C(F)(F)F)c1)S(=O)(=O)c1ccccc1. The van der Waals surface area contributed by atoms with E-state index < -0.39 is 56.9 Å². The zero-order valence-electron chi connectivity index (χ0n) is 23.0. The highest BCUT2D eigenvalue weighted by Gasteiger charge is 2.37. The predicted octanol–water partition coefficient (Wildman–Crippen LogP) is 6.65. The second-order valence-corrected chi connectivity index (χ2v) is 12.8. The van der Waals surface area contributed by atoms with E-state index in [1.54, 1.807) is 37.3 Å². The van der Waals surface area contributed by atoms with Gasteiger partial charge in [0.1, 0.15) is 12.6 Å². The molecule has 0 spiro atoms. The zero-order chi connectivity index (χ0) is 31.2. The van der Waals surface area contributed by atoms with Gasteiger partial charge in [0.15, 0.2) is 0 Å². The van der Waals surface area contributed by atoms with Crippen molar-refractivity contribution in [2.24, 2.45) is 0 Å². The second-order valence-electron chi connectivity index (χ2n) is 9.63. The molecular formula is C29H30BrClF3N3O4S. The highest BCUT2D eigenvalue weighted by atomic mass is 79.9. The Balaban J connectivity index is 2.10. The van der Waals surface area contributed by atoms with Gasteiger partial charge in [-0.1, -0.05) is 64.8 Å². The molecule has 0 aromatic heterocycles. The quantitative estimate of drug-likeness (QED) is 0.245. The van der Waals surface area contributed by atoms with Gasteiger partial charge in [-0.05, 0) is 68.3 Å². The third-order valence-corrected chi connectivity index (χ3v) is 9.23. The standard InChI is InChI=1S/C29H30BrClF3N3O4S/c1-4-19(2)35-28(39)20(3)36(17-21-10-12-22(30)13-11-21)27(38)18-37(42(40,41)24-8-6-5-7-9-24)23-14-15-26(31)25(16-23)29(32,33)34/h5-16,19-20H,4,17-18H2,1-3H3,(H,35,39)/t19-,20-/m1/s1. The lowest BCUT2D eigenvalue weighted by Gasteiger charge is -2.32. The van der Waals surface area contributed by atoms with Crippen molar-refractivity contribution in [3.8, 4) is 0 Å². The van der Waals surface area contributed by atoms with E-state index in [-0.39, 0.29) is 17.5 Å². The minimum Gasteiger partial charge on any atom is -0.352 e. The Labute approximate surface area is 256 Å². The van der Waals surface area contributed by atoms with Crippen molar-refractivity contribution in [3.63, 3.8) is 0 Å². The van der Waals surface area contributed by atoms with Crippen LogP contribution in [0.25, 0.3) is 0 Å². The summed E-state index contributed by atoms with van der Waals surface area (Å²) in [5.74, 6) is -1.26. The lowest BCUT2D eigenvalue weighted by atomic mass is 10.1. The Morgan fingerprint density at radius 2 is 1.62 bits per heavy atom. The van der Waals surface area contributed by atoms with Crippen LogP contribution in [0.15, 0.2) is 82.2 Å². The summed E-state index contributed by atoms with van der Waals surface area (Å²) in [5.41, 5.74) is -1.02. The van der Waals surface area contributed by atoms with Crippen molar-refractivity contribution in [1.82, 2.24) is 10.2 Å². The summed E-state index contributed by atoms with van der Waals surface area (Å²) >= 11 is 9.14. The smallest absolute Gasteiger partial charge is 0.352 e. The third-order valence-electron chi connectivity index (χ3n) is 6.59. The van der Waals surface area contributed by atoms with Gasteiger partial charge in [0, 0.05) is 17.1 Å². The molecule has 42 heavy (non-hydrogen) atoms. The molecule has 7 nitrogen and oxygen atoms in total. The van der Waals surface area contributed by atoms with E-state index in [0.717, 1.165) is 16.6 Å². The van der Waals surface area contributed by atoms with Gasteiger partial charge in [0.05, 0.1) is 21.2 Å². The van der Waals surface area contributed by atoms with E-state index in [1.165, 1.54) is 36.1 Å². The molecule has 0 fully saturated rings. The van der Waals surface area contributed by atoms with Crippen LogP contribution in [-0.2, 0) is 32.3 Å². The molecule has 0 heterocycles. The first-order valence-electron chi connectivity index (χ1n) is 12.9. The van der Waals surface area contributed by atoms with E-state index in [0.29, 0.717) is 22.4 Å². The van der Waals surface area contributed by atoms with Gasteiger partial charge >= 0.3 is 6.18 Å². The predicted molar refractivity (Wildman–Crippen MR) is 159 cm³/mol. The Morgan fingerprint density at radius 1 is 1.00 bits per heavy atom. The van der Waals surface area contributed by atoms with Crippen molar-refractivity contribution in [3.05, 3.63) is 93.4 Å². The number of alkyl halides is 3. The van der Waals surface area contributed by atoms with E-state index in [9.17, 15) is 31.2 Å². The topological polar surface area (TPSA) is 86.8 Å². The summed E-state index contributed by atoms with van der Waals surface area (Å²) in [4.78, 5) is 28.0. The average Bonchev–Trinajstić information content (AvgIpc) is 2.95. The van der Waals surface area contributed by atoms with Gasteiger partial charge < -0.3 is 10.2 Å². The average molecular weight is 689 g/mol. The number of carbonyl (C=O) groups is 2. The molecule has 0 saturated carbocycles. The largest absolute Gasteiger partial charge is 0.417 e. The van der Waals surface area contributed by atoms with Crippen LogP contribution < -0.4 is 9.62 Å². The van der Waals surface area contributed by atoms with Crippen LogP contribution in [0.4, 0.5) is 18.9 Å². The molecule has 226 valence electrons. The second kappa shape index (κ2) is 13.9. The molecule has 1 N–H and O–H groups in total. The summed E-state index contributed by atoms with van der Waals surface area (Å²) in [6.45, 7) is 4.25. The summed E-state index contributed by atoms with van der Waals surface area (Å²) < 4.78 is 70.1. The molecule has 0 bridgehead atoms. The molecule has 0 aliphatic rings. The van der Waals surface area contributed by atoms with Crippen LogP contribution in [0.5, 0.6) is 0 Å². The van der Waals surface area contributed by atoms with Crippen LogP contribution in [0, 0.1) is 0 Å². The van der Waals surface area contributed by atoms with Crippen LogP contribution >= 0.6 is 27.5 Å². The fraction of sp³-hybridized carbons (Fsp3) is 0.310. The van der Waals surface area contributed by atoms with Gasteiger partial charge in [0.2, 0.25) is 11.8 Å². The minimum absolute atomic E-state index is 0.0607. The maximum absolute atomic E-state index is 13.9. The molecule has 0 unspecified atom stereocenters. The number of benzene rings is 3. The molecule has 0 aliphatic heterocycles. The maximum atomic E-state index is 13.9. The van der Waals surface area contributed by atoms with Gasteiger partial charge in [-0.15, -0.1) is 0 Å². The van der Waals surface area contributed by atoms with Crippen LogP contribution in [-0.4, -0.2) is 43.8 Å². The summed E-state index contributed by atoms with van der Waals surface area (Å²) in [6, 6.07) is 15.4. The number of hydrogen-bond donors (Lipinski definition) is 1. The van der Waals surface area contributed by atoms with Gasteiger partial charge in [-0.25, -0.2) is 8.42 Å². The Bertz CT molecular complexity index is 1510. The monoisotopic (exact) mass is 687 g/mol. The van der Waals surface area contributed by atoms with E-state index in [4.69, 9.17) is 11.6 Å². The number of hydrogen-bond acceptors (Lipinski definition) is 4. The zero-order valence-corrected chi connectivity index (χ0v) is 26.2. The summed E-state index contributed by atoms with van der Waals surface area (Å²) in [6.07, 6.45) is -4.24. The fourth-order valence-corrected chi connectivity index (χ4v) is 5.88. The molecule has 0 radical (unpaired) electrons. The first-order valence-corrected chi connectivity index (χ1v) is 15.5. The van der Waals surface area contributed by atoms with Crippen LogP contribution in [0.1, 0.15) is 38.3 Å². The molecule has 2 atom stereocenters. The highest BCUT2D eigenvalue weighted by Crippen LogP contribution is 2.38. The van der Waals surface area contributed by atoms with Gasteiger partial charge in [-0.2, -0.15) is 13.2 Å². The molecule has 3 aromatic carbocycles. The number of anilines is 1. The highest BCUT2D eigenvalue weighted by molar-refractivity contribution is 9.10. The summed E-state index contributed by atoms with van der Waals surface area (Å²) in [5, 5.41) is 2.20. The number of halogens is 5. The van der Waals surface area contributed by atoms with Crippen LogP contribution in [0.3, 0.4) is 0 Å². The summed E-state index contributed by atoms with van der Waals surface area (Å²) in [7, 11) is -4.54. The fourth-order valence-electron chi connectivity index (χ4n) is 3.97. The lowest BCUT2D eigenvalue weighted by molar-refractivity contribution is -0.139. The molecule has 0 aliphatic carbocycles. The van der Waals surface area contributed by atoms with E-state index in [1.807, 2.05) is 6.92 Å². The third kappa shape index (κ3) is 8.26. The Hall–Kier alpha value is -3.09. The van der Waals surface area contributed by atoms with Crippen molar-refractivity contribution in [2.45, 2.75) is 56.9 Å². The van der Waals surface area contributed by atoms with Gasteiger partial charge in [0.25, 0.3) is 10.0 Å². The molecule has 0 saturated heterocycles. The van der Waals surface area contributed by atoms with Gasteiger partial charge in [-0.3, -0.25) is 13.9 Å². The first-order chi connectivity index (χ1) is 19.6. The van der Waals surface area contributed by atoms with Crippen molar-refractivity contribution < 1.29 is 31.2 Å². The number of sulfonamides is 1. The van der Waals surface area contributed by atoms with Crippen molar-refractivity contribution >= 4 is 55.1 Å². The van der Waals surface area contributed by atoms with Crippen molar-refractivity contribution in [1.29, 1.82) is 0 Å². The van der Waals surface area contributed by atoms with E-state index in [2.05, 4.69) is 21.2 Å². The first kappa shape index (κ1) is 33.4. The molecule has 3 rings (SSSR count). The van der Waals surface area contributed by atoms with Crippen molar-refractivity contribution in [2.75, 3.05) is 10.8 Å². The number of amides is 2. The Kier molecular flexibility index (Phi) is 11.1. The molecule has 3 aromatic rings. The molecule has 2 amide bonds. The maximum Gasteiger partial charge on any atom is 0.417 e. The number of carbonyl (C=O) groups excluding carboxylic acids is 2. The van der Waals surface area contributed by atoms with Crippen LogP contribution in [0.2, 0.25) is 5.02 Å².